The van der Waals surface area contributed by atoms with Crippen LogP contribution in [0.3, 0.4) is 0 Å². The normalized spacial score (nSPS) is 23.3. The maximum absolute atomic E-state index is 4.33. The summed E-state index contributed by atoms with van der Waals surface area (Å²) < 4.78 is 2.02. The van der Waals surface area contributed by atoms with Gasteiger partial charge in [0.1, 0.15) is 12.2 Å². The van der Waals surface area contributed by atoms with E-state index in [1.165, 1.54) is 19.3 Å². The van der Waals surface area contributed by atoms with Gasteiger partial charge in [0.05, 0.1) is 6.54 Å². The summed E-state index contributed by atoms with van der Waals surface area (Å²) in [6, 6.07) is 0.721. The molecular formula is C13H24N4. The Morgan fingerprint density at radius 2 is 2.35 bits per heavy atom. The van der Waals surface area contributed by atoms with E-state index in [-0.39, 0.29) is 0 Å². The van der Waals surface area contributed by atoms with Gasteiger partial charge in [-0.2, -0.15) is 5.10 Å². The fraction of sp³-hybridized carbons (Fsp3) is 0.846. The predicted octanol–water partition coefficient (Wildman–Crippen LogP) is 2.21. The summed E-state index contributed by atoms with van der Waals surface area (Å²) in [5.41, 5.74) is 0. The van der Waals surface area contributed by atoms with E-state index in [4.69, 9.17) is 0 Å². The van der Waals surface area contributed by atoms with E-state index in [0.29, 0.717) is 5.92 Å². The number of nitrogens with one attached hydrogen (secondary N) is 1. The van der Waals surface area contributed by atoms with Crippen LogP contribution in [0.25, 0.3) is 0 Å². The summed E-state index contributed by atoms with van der Waals surface area (Å²) in [7, 11) is 0. The fourth-order valence-electron chi connectivity index (χ4n) is 2.33. The minimum Gasteiger partial charge on any atom is -0.307 e. The maximum atomic E-state index is 4.33. The molecule has 96 valence electrons. The van der Waals surface area contributed by atoms with Crippen molar-refractivity contribution in [2.75, 3.05) is 0 Å². The lowest BCUT2D eigenvalue weighted by molar-refractivity contribution is 0.455. The molecule has 1 saturated carbocycles. The van der Waals surface area contributed by atoms with Crippen molar-refractivity contribution in [3.05, 3.63) is 12.2 Å². The van der Waals surface area contributed by atoms with E-state index in [0.717, 1.165) is 30.9 Å². The van der Waals surface area contributed by atoms with Crippen molar-refractivity contribution in [1.82, 2.24) is 20.1 Å². The van der Waals surface area contributed by atoms with Crippen molar-refractivity contribution in [2.24, 2.45) is 11.8 Å². The van der Waals surface area contributed by atoms with E-state index in [1.54, 1.807) is 6.33 Å². The number of rotatable bonds is 7. The highest BCUT2D eigenvalue weighted by atomic mass is 15.3. The first-order valence-corrected chi connectivity index (χ1v) is 6.80. The van der Waals surface area contributed by atoms with Gasteiger partial charge in [-0.25, -0.2) is 9.67 Å². The van der Waals surface area contributed by atoms with Crippen molar-refractivity contribution in [1.29, 1.82) is 0 Å². The highest BCUT2D eigenvalue weighted by Crippen LogP contribution is 2.34. The molecule has 2 rings (SSSR count). The van der Waals surface area contributed by atoms with Gasteiger partial charge in [-0.3, -0.25) is 0 Å². The monoisotopic (exact) mass is 236 g/mol. The van der Waals surface area contributed by atoms with E-state index < -0.39 is 0 Å². The van der Waals surface area contributed by atoms with Gasteiger partial charge in [0.15, 0.2) is 0 Å². The molecule has 0 saturated heterocycles. The van der Waals surface area contributed by atoms with Crippen LogP contribution < -0.4 is 5.32 Å². The molecule has 0 bridgehead atoms. The van der Waals surface area contributed by atoms with Crippen LogP contribution in [0.2, 0.25) is 0 Å². The lowest BCUT2D eigenvalue weighted by Crippen LogP contribution is -2.21. The third kappa shape index (κ3) is 3.53. The molecule has 1 N–H and O–H groups in total. The van der Waals surface area contributed by atoms with Crippen LogP contribution in [0.1, 0.15) is 45.9 Å². The average Bonchev–Trinajstić information content (AvgIpc) is 2.86. The largest absolute Gasteiger partial charge is 0.307 e. The molecule has 0 aliphatic heterocycles. The first kappa shape index (κ1) is 12.6. The third-order valence-electron chi connectivity index (χ3n) is 3.34. The zero-order valence-corrected chi connectivity index (χ0v) is 11.2. The minimum atomic E-state index is 0.615. The Hall–Kier alpha value is -0.900. The summed E-state index contributed by atoms with van der Waals surface area (Å²) in [4.78, 5) is 4.33. The van der Waals surface area contributed by atoms with E-state index >= 15 is 0 Å². The molecule has 0 aromatic carbocycles. The molecule has 0 amide bonds. The van der Waals surface area contributed by atoms with Crippen molar-refractivity contribution < 1.29 is 0 Å². The van der Waals surface area contributed by atoms with Gasteiger partial charge < -0.3 is 5.32 Å². The number of hydrogen-bond acceptors (Lipinski definition) is 3. The second-order valence-electron chi connectivity index (χ2n) is 5.52. The Bertz CT molecular complexity index is 345. The highest BCUT2D eigenvalue weighted by molar-refractivity contribution is 4.95. The average molecular weight is 236 g/mol. The Morgan fingerprint density at radius 1 is 1.53 bits per heavy atom. The van der Waals surface area contributed by atoms with Gasteiger partial charge in [-0.1, -0.05) is 27.2 Å². The summed E-state index contributed by atoms with van der Waals surface area (Å²) >= 11 is 0. The molecule has 0 radical (unpaired) electrons. The third-order valence-corrected chi connectivity index (χ3v) is 3.34. The summed E-state index contributed by atoms with van der Waals surface area (Å²) in [6.07, 6.45) is 5.66. The van der Waals surface area contributed by atoms with E-state index in [9.17, 15) is 0 Å². The summed E-state index contributed by atoms with van der Waals surface area (Å²) in [6.45, 7) is 8.49. The lowest BCUT2D eigenvalue weighted by Gasteiger charge is -2.09. The van der Waals surface area contributed by atoms with Gasteiger partial charge >= 0.3 is 0 Å². The van der Waals surface area contributed by atoms with Crippen LogP contribution in [-0.4, -0.2) is 20.8 Å². The SMILES string of the molecule is CCCC1CC1NCc1ncnn1CC(C)C. The highest BCUT2D eigenvalue weighted by Gasteiger charge is 2.35. The van der Waals surface area contributed by atoms with E-state index in [2.05, 4.69) is 36.2 Å². The standard InChI is InChI=1S/C13H24N4/c1-4-5-11-6-12(11)14-7-13-15-9-16-17(13)8-10(2)3/h9-12,14H,4-8H2,1-3H3. The Morgan fingerprint density at radius 3 is 3.06 bits per heavy atom. The van der Waals surface area contributed by atoms with Gasteiger partial charge in [0.25, 0.3) is 0 Å². The molecular weight excluding hydrogens is 212 g/mol. The van der Waals surface area contributed by atoms with Gasteiger partial charge in [-0.05, 0) is 24.7 Å². The van der Waals surface area contributed by atoms with Crippen molar-refractivity contribution >= 4 is 0 Å². The van der Waals surface area contributed by atoms with Crippen molar-refractivity contribution in [3.63, 3.8) is 0 Å². The molecule has 1 aromatic rings. The Kier molecular flexibility index (Phi) is 4.15. The van der Waals surface area contributed by atoms with Crippen molar-refractivity contribution in [2.45, 2.75) is 59.2 Å². The smallest absolute Gasteiger partial charge is 0.140 e. The lowest BCUT2D eigenvalue weighted by atomic mass is 10.2. The van der Waals surface area contributed by atoms with Crippen LogP contribution >= 0.6 is 0 Å². The van der Waals surface area contributed by atoms with Gasteiger partial charge in [0, 0.05) is 12.6 Å². The second-order valence-corrected chi connectivity index (χ2v) is 5.52. The van der Waals surface area contributed by atoms with Gasteiger partial charge in [-0.15, -0.1) is 0 Å². The minimum absolute atomic E-state index is 0.615. The quantitative estimate of drug-likeness (QED) is 0.789. The number of nitrogens with zero attached hydrogens (tertiary/aromatic N) is 3. The van der Waals surface area contributed by atoms with Crippen LogP contribution in [0.5, 0.6) is 0 Å². The van der Waals surface area contributed by atoms with Crippen molar-refractivity contribution in [3.8, 4) is 0 Å². The van der Waals surface area contributed by atoms with Crippen LogP contribution in [0, 0.1) is 11.8 Å². The predicted molar refractivity (Wildman–Crippen MR) is 68.5 cm³/mol. The molecule has 1 heterocycles. The molecule has 1 aromatic heterocycles. The first-order chi connectivity index (χ1) is 8.20. The Labute approximate surface area is 104 Å². The van der Waals surface area contributed by atoms with Crippen LogP contribution in [0.15, 0.2) is 6.33 Å². The summed E-state index contributed by atoms with van der Waals surface area (Å²) in [5, 5.41) is 7.86. The zero-order chi connectivity index (χ0) is 12.3. The number of aromatic nitrogens is 3. The topological polar surface area (TPSA) is 42.7 Å². The van der Waals surface area contributed by atoms with Crippen LogP contribution in [0.4, 0.5) is 0 Å². The molecule has 2 unspecified atom stereocenters. The molecule has 4 nitrogen and oxygen atoms in total. The molecule has 1 aliphatic rings. The first-order valence-electron chi connectivity index (χ1n) is 6.80. The Balaban J connectivity index is 1.77. The maximum Gasteiger partial charge on any atom is 0.140 e. The second kappa shape index (κ2) is 5.63. The summed E-state index contributed by atoms with van der Waals surface area (Å²) in [5.74, 6) is 2.59. The molecule has 1 fully saturated rings. The molecule has 1 aliphatic carbocycles. The molecule has 2 atom stereocenters. The van der Waals surface area contributed by atoms with E-state index in [1.807, 2.05) is 4.68 Å². The molecule has 4 heteroatoms. The zero-order valence-electron chi connectivity index (χ0n) is 11.2. The fourth-order valence-corrected chi connectivity index (χ4v) is 2.33. The van der Waals surface area contributed by atoms with Gasteiger partial charge in [0.2, 0.25) is 0 Å². The number of hydrogen-bond donors (Lipinski definition) is 1. The van der Waals surface area contributed by atoms with Crippen LogP contribution in [-0.2, 0) is 13.1 Å². The molecule has 17 heavy (non-hydrogen) atoms. The molecule has 0 spiro atoms.